The highest BCUT2D eigenvalue weighted by Gasteiger charge is 2.05. The van der Waals surface area contributed by atoms with Crippen LogP contribution in [0, 0.1) is 11.3 Å². The maximum absolute atomic E-state index is 11.6. The minimum atomic E-state index is -0.237. The van der Waals surface area contributed by atoms with Crippen molar-refractivity contribution < 1.29 is 4.74 Å². The van der Waals surface area contributed by atoms with Gasteiger partial charge in [0.15, 0.2) is 0 Å². The Hall–Kier alpha value is -2.28. The average molecular weight is 214 g/mol. The number of benzene rings is 1. The van der Waals surface area contributed by atoms with Gasteiger partial charge < -0.3 is 9.72 Å². The van der Waals surface area contributed by atoms with Crippen LogP contribution in [0.1, 0.15) is 5.56 Å². The van der Waals surface area contributed by atoms with Crippen LogP contribution < -0.4 is 10.3 Å². The number of nitrogens with one attached hydrogen (secondary N) is 1. The number of pyridine rings is 1. The number of methoxy groups -OCH3 is 1. The van der Waals surface area contributed by atoms with Crippen LogP contribution >= 0.6 is 0 Å². The van der Waals surface area contributed by atoms with Gasteiger partial charge in [0.05, 0.1) is 25.1 Å². The second kappa shape index (κ2) is 4.07. The van der Waals surface area contributed by atoms with Crippen LogP contribution in [-0.2, 0) is 6.42 Å². The van der Waals surface area contributed by atoms with Gasteiger partial charge in [0.25, 0.3) is 5.56 Å². The van der Waals surface area contributed by atoms with Crippen molar-refractivity contribution in [1.29, 1.82) is 5.26 Å². The molecular weight excluding hydrogens is 204 g/mol. The van der Waals surface area contributed by atoms with Gasteiger partial charge in [-0.25, -0.2) is 0 Å². The first-order valence-corrected chi connectivity index (χ1v) is 4.82. The highest BCUT2D eigenvalue weighted by atomic mass is 16.5. The Kier molecular flexibility index (Phi) is 2.61. The number of ether oxygens (including phenoxy) is 1. The molecule has 0 aliphatic carbocycles. The van der Waals surface area contributed by atoms with Gasteiger partial charge in [-0.3, -0.25) is 4.79 Å². The summed E-state index contributed by atoms with van der Waals surface area (Å²) in [4.78, 5) is 14.4. The van der Waals surface area contributed by atoms with E-state index in [1.54, 1.807) is 19.2 Å². The molecule has 0 aliphatic rings. The molecule has 16 heavy (non-hydrogen) atoms. The Balaban J connectivity index is 2.74. The molecule has 80 valence electrons. The standard InChI is InChI=1S/C12H10N2O2/c1-16-10-4-2-3-8-7-9(5-6-13)12(15)14-11(8)10/h2-4,7H,5H2,1H3,(H,14,15). The normalized spacial score (nSPS) is 10.0. The van der Waals surface area contributed by atoms with Gasteiger partial charge in [-0.1, -0.05) is 12.1 Å². The van der Waals surface area contributed by atoms with Crippen LogP contribution in [0.3, 0.4) is 0 Å². The lowest BCUT2D eigenvalue weighted by molar-refractivity contribution is 0.419. The molecule has 4 heteroatoms. The van der Waals surface area contributed by atoms with Crippen molar-refractivity contribution in [3.05, 3.63) is 40.2 Å². The molecule has 1 N–H and O–H groups in total. The quantitative estimate of drug-likeness (QED) is 0.825. The maximum atomic E-state index is 11.6. The number of hydrogen-bond donors (Lipinski definition) is 1. The van der Waals surface area contributed by atoms with Gasteiger partial charge in [-0.2, -0.15) is 5.26 Å². The zero-order chi connectivity index (χ0) is 11.5. The van der Waals surface area contributed by atoms with E-state index in [1.165, 1.54) is 0 Å². The third-order valence-electron chi connectivity index (χ3n) is 2.41. The van der Waals surface area contributed by atoms with Crippen molar-refractivity contribution in [2.45, 2.75) is 6.42 Å². The van der Waals surface area contributed by atoms with E-state index in [9.17, 15) is 4.79 Å². The van der Waals surface area contributed by atoms with Crippen molar-refractivity contribution in [3.63, 3.8) is 0 Å². The van der Waals surface area contributed by atoms with Crippen molar-refractivity contribution in [3.8, 4) is 11.8 Å². The SMILES string of the molecule is COc1cccc2cc(CC#N)c(=O)[nH]c12. The maximum Gasteiger partial charge on any atom is 0.252 e. The lowest BCUT2D eigenvalue weighted by Gasteiger charge is -2.05. The minimum absolute atomic E-state index is 0.114. The topological polar surface area (TPSA) is 65.9 Å². The van der Waals surface area contributed by atoms with E-state index in [0.717, 1.165) is 5.39 Å². The zero-order valence-electron chi connectivity index (χ0n) is 8.78. The number of hydrogen-bond acceptors (Lipinski definition) is 3. The molecule has 0 atom stereocenters. The van der Waals surface area contributed by atoms with E-state index < -0.39 is 0 Å². The van der Waals surface area contributed by atoms with Crippen molar-refractivity contribution in [2.24, 2.45) is 0 Å². The molecule has 0 spiro atoms. The van der Waals surface area contributed by atoms with Gasteiger partial charge in [-0.05, 0) is 12.1 Å². The fourth-order valence-corrected chi connectivity index (χ4v) is 1.64. The fraction of sp³-hybridized carbons (Fsp3) is 0.167. The molecule has 1 aromatic heterocycles. The number of para-hydroxylation sites is 1. The number of aromatic nitrogens is 1. The first-order valence-electron chi connectivity index (χ1n) is 4.82. The molecule has 0 radical (unpaired) electrons. The van der Waals surface area contributed by atoms with Crippen LogP contribution in [0.15, 0.2) is 29.1 Å². The van der Waals surface area contributed by atoms with Gasteiger partial charge in [0.1, 0.15) is 5.75 Å². The minimum Gasteiger partial charge on any atom is -0.495 e. The molecule has 1 heterocycles. The second-order valence-corrected chi connectivity index (χ2v) is 3.38. The Bertz CT molecular complexity index is 623. The first kappa shape index (κ1) is 10.2. The van der Waals surface area contributed by atoms with Crippen LogP contribution in [0.5, 0.6) is 5.75 Å². The third-order valence-corrected chi connectivity index (χ3v) is 2.41. The second-order valence-electron chi connectivity index (χ2n) is 3.38. The van der Waals surface area contributed by atoms with Crippen LogP contribution in [-0.4, -0.2) is 12.1 Å². The molecule has 1 aromatic carbocycles. The Morgan fingerprint density at radius 2 is 2.31 bits per heavy atom. The fourth-order valence-electron chi connectivity index (χ4n) is 1.64. The highest BCUT2D eigenvalue weighted by molar-refractivity contribution is 5.84. The number of aromatic amines is 1. The molecule has 2 rings (SSSR count). The van der Waals surface area contributed by atoms with Crippen LogP contribution in [0.2, 0.25) is 0 Å². The number of nitriles is 1. The Labute approximate surface area is 92.1 Å². The van der Waals surface area contributed by atoms with Crippen LogP contribution in [0.4, 0.5) is 0 Å². The monoisotopic (exact) mass is 214 g/mol. The van der Waals surface area contributed by atoms with Gasteiger partial charge in [-0.15, -0.1) is 0 Å². The molecular formula is C12H10N2O2. The Morgan fingerprint density at radius 3 is 3.00 bits per heavy atom. The summed E-state index contributed by atoms with van der Waals surface area (Å²) >= 11 is 0. The molecule has 0 amide bonds. The molecule has 0 fully saturated rings. The van der Waals surface area contributed by atoms with Gasteiger partial charge >= 0.3 is 0 Å². The molecule has 0 unspecified atom stereocenters. The first-order chi connectivity index (χ1) is 7.76. The number of H-pyrrole nitrogens is 1. The van der Waals surface area contributed by atoms with E-state index in [1.807, 2.05) is 18.2 Å². The lowest BCUT2D eigenvalue weighted by atomic mass is 10.1. The molecule has 0 bridgehead atoms. The largest absolute Gasteiger partial charge is 0.495 e. The smallest absolute Gasteiger partial charge is 0.252 e. The van der Waals surface area contributed by atoms with Crippen molar-refractivity contribution >= 4 is 10.9 Å². The van der Waals surface area contributed by atoms with E-state index in [-0.39, 0.29) is 12.0 Å². The third kappa shape index (κ3) is 1.63. The summed E-state index contributed by atoms with van der Waals surface area (Å²) in [6.07, 6.45) is 0.114. The van der Waals surface area contributed by atoms with Crippen LogP contribution in [0.25, 0.3) is 10.9 Å². The highest BCUT2D eigenvalue weighted by Crippen LogP contribution is 2.22. The lowest BCUT2D eigenvalue weighted by Crippen LogP contribution is -2.12. The van der Waals surface area contributed by atoms with Gasteiger partial charge in [0.2, 0.25) is 0 Å². The summed E-state index contributed by atoms with van der Waals surface area (Å²) in [5.41, 5.74) is 0.901. The molecule has 0 aliphatic heterocycles. The molecule has 0 saturated carbocycles. The molecule has 2 aromatic rings. The summed E-state index contributed by atoms with van der Waals surface area (Å²) in [7, 11) is 1.55. The van der Waals surface area contributed by atoms with E-state index in [2.05, 4.69) is 4.98 Å². The summed E-state index contributed by atoms with van der Waals surface area (Å²) in [6.45, 7) is 0. The summed E-state index contributed by atoms with van der Waals surface area (Å²) < 4.78 is 5.15. The average Bonchev–Trinajstić information content (AvgIpc) is 2.30. The zero-order valence-corrected chi connectivity index (χ0v) is 8.78. The predicted molar refractivity (Wildman–Crippen MR) is 60.4 cm³/mol. The van der Waals surface area contributed by atoms with Crippen molar-refractivity contribution in [2.75, 3.05) is 7.11 Å². The van der Waals surface area contributed by atoms with E-state index in [4.69, 9.17) is 10.00 Å². The van der Waals surface area contributed by atoms with E-state index in [0.29, 0.717) is 16.8 Å². The number of fused-ring (bicyclic) bond motifs is 1. The van der Waals surface area contributed by atoms with Crippen molar-refractivity contribution in [1.82, 2.24) is 4.98 Å². The summed E-state index contributed by atoms with van der Waals surface area (Å²) in [6, 6.07) is 9.18. The Morgan fingerprint density at radius 1 is 1.50 bits per heavy atom. The number of rotatable bonds is 2. The molecule has 4 nitrogen and oxygen atoms in total. The van der Waals surface area contributed by atoms with E-state index >= 15 is 0 Å². The van der Waals surface area contributed by atoms with Gasteiger partial charge in [0, 0.05) is 10.9 Å². The molecule has 0 saturated heterocycles. The number of nitrogens with zero attached hydrogens (tertiary/aromatic N) is 1. The summed E-state index contributed by atoms with van der Waals surface area (Å²) in [5, 5.41) is 9.45. The summed E-state index contributed by atoms with van der Waals surface area (Å²) in [5.74, 6) is 0.623. The predicted octanol–water partition coefficient (Wildman–Crippen LogP) is 1.60.